The number of nitrogens with one attached hydrogen (secondary N) is 1. The number of rotatable bonds is 6. The van der Waals surface area contributed by atoms with Crippen molar-refractivity contribution >= 4 is 16.5 Å². The molecule has 1 saturated heterocycles. The molecule has 6 nitrogen and oxygen atoms in total. The van der Waals surface area contributed by atoms with Gasteiger partial charge in [-0.05, 0) is 31.5 Å². The molecule has 0 aliphatic carbocycles. The quantitative estimate of drug-likeness (QED) is 0.791. The fourth-order valence-electron chi connectivity index (χ4n) is 2.56. The van der Waals surface area contributed by atoms with E-state index in [1.54, 1.807) is 4.31 Å². The van der Waals surface area contributed by atoms with Gasteiger partial charge < -0.3 is 10.1 Å². The number of hydrogen-bond acceptors (Lipinski definition) is 5. The van der Waals surface area contributed by atoms with E-state index in [4.69, 9.17) is 0 Å². The molecule has 1 heterocycles. The molecule has 2 rings (SSSR count). The van der Waals surface area contributed by atoms with E-state index in [-0.39, 0.29) is 6.04 Å². The maximum atomic E-state index is 11.4. The van der Waals surface area contributed by atoms with Gasteiger partial charge in [0.05, 0.1) is 6.26 Å². The van der Waals surface area contributed by atoms with E-state index in [1.165, 1.54) is 6.26 Å². The van der Waals surface area contributed by atoms with Gasteiger partial charge in [0.2, 0.25) is 10.0 Å². The van der Waals surface area contributed by atoms with E-state index in [2.05, 4.69) is 10.1 Å². The highest BCUT2D eigenvalue weighted by atomic mass is 32.2. The van der Waals surface area contributed by atoms with Crippen LogP contribution in [-0.2, 0) is 26.2 Å². The van der Waals surface area contributed by atoms with Gasteiger partial charge in [0.15, 0.2) is 0 Å². The third-order valence-corrected chi connectivity index (χ3v) is 5.02. The number of sulfonamides is 1. The van der Waals surface area contributed by atoms with Gasteiger partial charge in [0.25, 0.3) is 6.47 Å². The van der Waals surface area contributed by atoms with Gasteiger partial charge in [-0.3, -0.25) is 4.79 Å². The molecule has 1 aromatic rings. The Morgan fingerprint density at radius 1 is 1.26 bits per heavy atom. The van der Waals surface area contributed by atoms with E-state index in [9.17, 15) is 13.2 Å². The Morgan fingerprint density at radius 2 is 1.87 bits per heavy atom. The van der Waals surface area contributed by atoms with E-state index in [0.29, 0.717) is 19.6 Å². The molecule has 1 aliphatic heterocycles. The number of carbonyl (C=O) groups excluding carboxylic acids is 1. The first kappa shape index (κ1) is 19.6. The fraction of sp³-hybridized carbons (Fsp3) is 0.562. The molecule has 0 atom stereocenters. The molecule has 0 radical (unpaired) electrons. The third-order valence-electron chi connectivity index (χ3n) is 3.61. The summed E-state index contributed by atoms with van der Waals surface area (Å²) < 4.78 is 28.9. The van der Waals surface area contributed by atoms with Gasteiger partial charge >= 0.3 is 0 Å². The minimum atomic E-state index is -3.01. The molecular weight excluding hydrogens is 316 g/mol. The van der Waals surface area contributed by atoms with Crippen molar-refractivity contribution in [3.8, 4) is 0 Å². The van der Waals surface area contributed by atoms with Crippen LogP contribution in [0.3, 0.4) is 0 Å². The van der Waals surface area contributed by atoms with Crippen LogP contribution in [0.2, 0.25) is 0 Å². The summed E-state index contributed by atoms with van der Waals surface area (Å²) >= 11 is 0. The van der Waals surface area contributed by atoms with Crippen LogP contribution in [0.1, 0.15) is 25.3 Å². The molecule has 0 spiro atoms. The molecule has 7 heteroatoms. The minimum absolute atomic E-state index is 0.209. The lowest BCUT2D eigenvalue weighted by Gasteiger charge is -2.31. The van der Waals surface area contributed by atoms with Crippen molar-refractivity contribution in [3.63, 3.8) is 0 Å². The molecule has 23 heavy (non-hydrogen) atoms. The zero-order valence-electron chi connectivity index (χ0n) is 13.8. The summed E-state index contributed by atoms with van der Waals surface area (Å²) in [5.74, 6) is 0. The highest BCUT2D eigenvalue weighted by molar-refractivity contribution is 7.88. The van der Waals surface area contributed by atoms with E-state index in [1.807, 2.05) is 37.3 Å². The number of benzene rings is 1. The van der Waals surface area contributed by atoms with Crippen LogP contribution in [-0.4, -0.2) is 51.1 Å². The molecular formula is C16H26N2O4S. The van der Waals surface area contributed by atoms with Crippen LogP contribution in [0.4, 0.5) is 0 Å². The van der Waals surface area contributed by atoms with Crippen molar-refractivity contribution in [1.29, 1.82) is 0 Å². The van der Waals surface area contributed by atoms with Gasteiger partial charge in [0, 0.05) is 12.6 Å². The lowest BCUT2D eigenvalue weighted by Crippen LogP contribution is -2.45. The highest BCUT2D eigenvalue weighted by Crippen LogP contribution is 2.14. The van der Waals surface area contributed by atoms with Crippen molar-refractivity contribution in [1.82, 2.24) is 9.62 Å². The average Bonchev–Trinajstić information content (AvgIpc) is 2.55. The number of piperidine rings is 1. The van der Waals surface area contributed by atoms with Crippen LogP contribution in [0.5, 0.6) is 0 Å². The second kappa shape index (κ2) is 10.4. The third kappa shape index (κ3) is 7.58. The summed E-state index contributed by atoms with van der Waals surface area (Å²) in [6.07, 6.45) is 3.15. The molecule has 0 aromatic heterocycles. The standard InChI is InChI=1S/C8H18N2O2S.C8H8O2/c1-3-10(13(2,11)12)8-4-6-9-7-5-8;9-7-10-6-8-4-2-1-3-5-8/h8-9H,3-7H2,1-2H3;1-5,7H,6H2. The molecule has 130 valence electrons. The molecule has 1 fully saturated rings. The van der Waals surface area contributed by atoms with Gasteiger partial charge in [-0.15, -0.1) is 0 Å². The zero-order chi connectivity index (χ0) is 17.1. The van der Waals surface area contributed by atoms with E-state index < -0.39 is 10.0 Å². The van der Waals surface area contributed by atoms with Gasteiger partial charge in [0.1, 0.15) is 6.61 Å². The summed E-state index contributed by atoms with van der Waals surface area (Å²) in [5, 5.41) is 3.22. The highest BCUT2D eigenvalue weighted by Gasteiger charge is 2.25. The zero-order valence-corrected chi connectivity index (χ0v) is 14.6. The Bertz CT molecular complexity index is 542. The normalized spacial score (nSPS) is 15.6. The van der Waals surface area contributed by atoms with E-state index >= 15 is 0 Å². The van der Waals surface area contributed by atoms with E-state index in [0.717, 1.165) is 31.5 Å². The number of ether oxygens (including phenoxy) is 1. The van der Waals surface area contributed by atoms with Gasteiger partial charge in [-0.25, -0.2) is 8.42 Å². The Morgan fingerprint density at radius 3 is 2.35 bits per heavy atom. The lowest BCUT2D eigenvalue weighted by molar-refractivity contribution is -0.129. The lowest BCUT2D eigenvalue weighted by atomic mass is 10.1. The maximum absolute atomic E-state index is 11.4. The second-order valence-corrected chi connectivity index (χ2v) is 7.28. The molecule has 0 amide bonds. The molecule has 1 aliphatic rings. The first-order chi connectivity index (χ1) is 11.0. The van der Waals surface area contributed by atoms with Crippen LogP contribution >= 0.6 is 0 Å². The number of carbonyl (C=O) groups is 1. The molecule has 0 saturated carbocycles. The monoisotopic (exact) mass is 342 g/mol. The van der Waals surface area contributed by atoms with Crippen molar-refractivity contribution in [3.05, 3.63) is 35.9 Å². The summed E-state index contributed by atoms with van der Waals surface area (Å²) in [6, 6.07) is 9.76. The summed E-state index contributed by atoms with van der Waals surface area (Å²) in [4.78, 5) is 9.76. The predicted molar refractivity (Wildman–Crippen MR) is 90.4 cm³/mol. The van der Waals surface area contributed by atoms with Crippen LogP contribution < -0.4 is 5.32 Å². The van der Waals surface area contributed by atoms with Crippen molar-refractivity contribution in [2.45, 2.75) is 32.4 Å². The topological polar surface area (TPSA) is 75.7 Å². The Balaban J connectivity index is 0.000000238. The maximum Gasteiger partial charge on any atom is 0.293 e. The fourth-order valence-corrected chi connectivity index (χ4v) is 3.78. The SMILES string of the molecule is CCN(C1CCNCC1)S(C)(=O)=O.O=COCc1ccccc1. The molecule has 1 N–H and O–H groups in total. The van der Waals surface area contributed by atoms with Gasteiger partial charge in [-0.2, -0.15) is 4.31 Å². The Hall–Kier alpha value is -1.44. The van der Waals surface area contributed by atoms with Crippen molar-refractivity contribution < 1.29 is 17.9 Å². The molecule has 1 aromatic carbocycles. The summed E-state index contributed by atoms with van der Waals surface area (Å²) in [5.41, 5.74) is 1.01. The number of nitrogens with zero attached hydrogens (tertiary/aromatic N) is 1. The first-order valence-electron chi connectivity index (χ1n) is 7.75. The molecule has 0 unspecified atom stereocenters. The smallest absolute Gasteiger partial charge is 0.293 e. The summed E-state index contributed by atoms with van der Waals surface area (Å²) in [6.45, 7) is 5.15. The number of hydrogen-bond donors (Lipinski definition) is 1. The first-order valence-corrected chi connectivity index (χ1v) is 9.60. The second-order valence-electron chi connectivity index (χ2n) is 5.34. The Kier molecular flexibility index (Phi) is 8.83. The van der Waals surface area contributed by atoms with Crippen LogP contribution in [0.25, 0.3) is 0 Å². The van der Waals surface area contributed by atoms with Crippen molar-refractivity contribution in [2.75, 3.05) is 25.9 Å². The minimum Gasteiger partial charge on any atom is -0.463 e. The van der Waals surface area contributed by atoms with Gasteiger partial charge in [-0.1, -0.05) is 37.3 Å². The van der Waals surface area contributed by atoms with Crippen molar-refractivity contribution in [2.24, 2.45) is 0 Å². The van der Waals surface area contributed by atoms with Crippen LogP contribution in [0.15, 0.2) is 30.3 Å². The average molecular weight is 342 g/mol. The molecule has 0 bridgehead atoms. The van der Waals surface area contributed by atoms with Crippen LogP contribution in [0, 0.1) is 0 Å². The Labute approximate surface area is 138 Å². The summed E-state index contributed by atoms with van der Waals surface area (Å²) in [7, 11) is -3.01. The predicted octanol–water partition coefficient (Wildman–Crippen LogP) is 1.38. The largest absolute Gasteiger partial charge is 0.463 e.